The Labute approximate surface area is 76.7 Å². The summed E-state index contributed by atoms with van der Waals surface area (Å²) >= 11 is 0. The average molecular weight is 179 g/mol. The first-order valence-corrected chi connectivity index (χ1v) is 4.32. The molecule has 4 N–H and O–H groups in total. The van der Waals surface area contributed by atoms with E-state index in [1.165, 1.54) is 0 Å². The average Bonchev–Trinajstić information content (AvgIpc) is 2.49. The van der Waals surface area contributed by atoms with Crippen molar-refractivity contribution >= 4 is 0 Å². The summed E-state index contributed by atoms with van der Waals surface area (Å²) in [5, 5.41) is 0. The summed E-state index contributed by atoms with van der Waals surface area (Å²) in [4.78, 5) is 8.35. The first-order chi connectivity index (χ1) is 6.29. The molecule has 3 unspecified atom stereocenters. The summed E-state index contributed by atoms with van der Waals surface area (Å²) < 4.78 is 0. The molecule has 1 aromatic rings. The Morgan fingerprint density at radius 1 is 1.31 bits per heavy atom. The van der Waals surface area contributed by atoms with E-state index < -0.39 is 0 Å². The quantitative estimate of drug-likeness (QED) is 0.544. The lowest BCUT2D eigenvalue weighted by molar-refractivity contribution is 0.448. The smallest absolute Gasteiger partial charge is 0.146 e. The van der Waals surface area contributed by atoms with Crippen LogP contribution in [0.1, 0.15) is 18.8 Å². The van der Waals surface area contributed by atoms with Crippen LogP contribution in [0.3, 0.4) is 0 Å². The molecule has 5 nitrogen and oxygen atoms in total. The van der Waals surface area contributed by atoms with Crippen molar-refractivity contribution in [2.24, 2.45) is 11.7 Å². The van der Waals surface area contributed by atoms with Gasteiger partial charge < -0.3 is 5.73 Å². The van der Waals surface area contributed by atoms with Gasteiger partial charge in [0.25, 0.3) is 0 Å². The molecule has 2 heterocycles. The van der Waals surface area contributed by atoms with Gasteiger partial charge in [-0.15, -0.1) is 0 Å². The summed E-state index contributed by atoms with van der Waals surface area (Å²) in [5.74, 6) is 1.08. The van der Waals surface area contributed by atoms with Crippen molar-refractivity contribution in [3.8, 4) is 0 Å². The summed E-state index contributed by atoms with van der Waals surface area (Å²) in [7, 11) is 0. The summed E-state index contributed by atoms with van der Waals surface area (Å²) in [6.45, 7) is 2.07. The highest BCUT2D eigenvalue weighted by Gasteiger charge is 2.32. The van der Waals surface area contributed by atoms with Crippen LogP contribution < -0.4 is 16.6 Å². The molecule has 0 aliphatic carbocycles. The van der Waals surface area contributed by atoms with E-state index in [1.807, 2.05) is 0 Å². The third-order valence-electron chi connectivity index (χ3n) is 2.36. The van der Waals surface area contributed by atoms with Gasteiger partial charge in [0.2, 0.25) is 0 Å². The van der Waals surface area contributed by atoms with Gasteiger partial charge in [0.15, 0.2) is 0 Å². The Kier molecular flexibility index (Phi) is 2.22. The summed E-state index contributed by atoms with van der Waals surface area (Å²) in [5.41, 5.74) is 11.8. The zero-order valence-electron chi connectivity index (χ0n) is 7.44. The lowest BCUT2D eigenvalue weighted by Crippen LogP contribution is -2.38. The molecule has 1 saturated heterocycles. The third-order valence-corrected chi connectivity index (χ3v) is 2.36. The van der Waals surface area contributed by atoms with Crippen LogP contribution in [0.4, 0.5) is 0 Å². The third kappa shape index (κ3) is 1.53. The highest BCUT2D eigenvalue weighted by Crippen LogP contribution is 2.22. The van der Waals surface area contributed by atoms with E-state index in [2.05, 4.69) is 27.7 Å². The van der Waals surface area contributed by atoms with Crippen LogP contribution in [-0.2, 0) is 0 Å². The largest absolute Gasteiger partial charge is 0.315 e. The lowest BCUT2D eigenvalue weighted by atomic mass is 10.0. The second-order valence-corrected chi connectivity index (χ2v) is 3.26. The van der Waals surface area contributed by atoms with Crippen LogP contribution in [0, 0.1) is 5.92 Å². The van der Waals surface area contributed by atoms with Crippen LogP contribution in [0.2, 0.25) is 0 Å². The van der Waals surface area contributed by atoms with Crippen molar-refractivity contribution in [3.05, 3.63) is 24.3 Å². The number of nitrogens with two attached hydrogens (primary N) is 1. The fraction of sp³-hybridized carbons (Fsp3) is 0.500. The Balaban J connectivity index is 2.19. The van der Waals surface area contributed by atoms with E-state index in [0.29, 0.717) is 5.92 Å². The van der Waals surface area contributed by atoms with E-state index in [4.69, 9.17) is 5.73 Å². The molecule has 1 aromatic heterocycles. The molecule has 1 fully saturated rings. The number of hydrogen-bond donors (Lipinski definition) is 3. The number of hydrogen-bond acceptors (Lipinski definition) is 5. The minimum atomic E-state index is -0.0335. The molecule has 70 valence electrons. The van der Waals surface area contributed by atoms with Crippen molar-refractivity contribution in [1.82, 2.24) is 20.8 Å². The predicted molar refractivity (Wildman–Crippen MR) is 48.2 cm³/mol. The maximum atomic E-state index is 5.78. The van der Waals surface area contributed by atoms with Gasteiger partial charge in [0, 0.05) is 18.3 Å². The highest BCUT2D eigenvalue weighted by molar-refractivity contribution is 5.01. The molecular weight excluding hydrogens is 166 g/mol. The maximum absolute atomic E-state index is 5.78. The van der Waals surface area contributed by atoms with E-state index in [0.717, 1.165) is 5.82 Å². The van der Waals surface area contributed by atoms with Gasteiger partial charge >= 0.3 is 0 Å². The molecular formula is C8H13N5. The molecule has 1 aliphatic rings. The Bertz CT molecular complexity index is 275. The molecule has 1 aliphatic heterocycles. The van der Waals surface area contributed by atoms with Crippen molar-refractivity contribution in [1.29, 1.82) is 0 Å². The minimum Gasteiger partial charge on any atom is -0.315 e. The SMILES string of the molecule is CC1C(N)NNC1c1ncccn1. The van der Waals surface area contributed by atoms with Crippen molar-refractivity contribution < 1.29 is 0 Å². The molecule has 0 radical (unpaired) electrons. The highest BCUT2D eigenvalue weighted by atomic mass is 15.5. The molecule has 0 saturated carbocycles. The van der Waals surface area contributed by atoms with Crippen LogP contribution in [0.5, 0.6) is 0 Å². The number of nitrogens with zero attached hydrogens (tertiary/aromatic N) is 2. The Morgan fingerprint density at radius 2 is 2.00 bits per heavy atom. The summed E-state index contributed by atoms with van der Waals surface area (Å²) in [6.07, 6.45) is 3.44. The van der Waals surface area contributed by atoms with Gasteiger partial charge in [0.05, 0.1) is 12.2 Å². The Morgan fingerprint density at radius 3 is 2.54 bits per heavy atom. The summed E-state index contributed by atoms with van der Waals surface area (Å²) in [6, 6.07) is 1.91. The van der Waals surface area contributed by atoms with Gasteiger partial charge in [-0.05, 0) is 6.07 Å². The van der Waals surface area contributed by atoms with Crippen LogP contribution in [-0.4, -0.2) is 16.1 Å². The number of hydrazine groups is 1. The molecule has 0 spiro atoms. The first kappa shape index (κ1) is 8.55. The molecule has 0 aromatic carbocycles. The monoisotopic (exact) mass is 179 g/mol. The first-order valence-electron chi connectivity index (χ1n) is 4.32. The van der Waals surface area contributed by atoms with Gasteiger partial charge in [-0.1, -0.05) is 6.92 Å². The van der Waals surface area contributed by atoms with Crippen LogP contribution in [0.25, 0.3) is 0 Å². The molecule has 3 atom stereocenters. The topological polar surface area (TPSA) is 75.9 Å². The van der Waals surface area contributed by atoms with Gasteiger partial charge in [-0.3, -0.25) is 0 Å². The van der Waals surface area contributed by atoms with Crippen molar-refractivity contribution in [3.63, 3.8) is 0 Å². The van der Waals surface area contributed by atoms with E-state index >= 15 is 0 Å². The molecule has 2 rings (SSSR count). The number of nitrogens with one attached hydrogen (secondary N) is 2. The Hall–Kier alpha value is -1.04. The fourth-order valence-electron chi connectivity index (χ4n) is 1.43. The lowest BCUT2D eigenvalue weighted by Gasteiger charge is -2.13. The number of aromatic nitrogens is 2. The molecule has 0 amide bonds. The van der Waals surface area contributed by atoms with Gasteiger partial charge in [-0.2, -0.15) is 0 Å². The van der Waals surface area contributed by atoms with Crippen LogP contribution >= 0.6 is 0 Å². The maximum Gasteiger partial charge on any atom is 0.146 e. The van der Waals surface area contributed by atoms with Gasteiger partial charge in [-0.25, -0.2) is 20.8 Å². The molecule has 5 heteroatoms. The zero-order valence-corrected chi connectivity index (χ0v) is 7.44. The van der Waals surface area contributed by atoms with E-state index in [1.54, 1.807) is 18.5 Å². The van der Waals surface area contributed by atoms with Crippen LogP contribution in [0.15, 0.2) is 18.5 Å². The van der Waals surface area contributed by atoms with E-state index in [-0.39, 0.29) is 12.2 Å². The molecule has 13 heavy (non-hydrogen) atoms. The van der Waals surface area contributed by atoms with Crippen molar-refractivity contribution in [2.45, 2.75) is 19.1 Å². The van der Waals surface area contributed by atoms with Crippen molar-refractivity contribution in [2.75, 3.05) is 0 Å². The predicted octanol–water partition coefficient (Wildman–Crippen LogP) is -0.454. The van der Waals surface area contributed by atoms with Gasteiger partial charge in [0.1, 0.15) is 5.82 Å². The fourth-order valence-corrected chi connectivity index (χ4v) is 1.43. The second kappa shape index (κ2) is 3.37. The number of rotatable bonds is 1. The second-order valence-electron chi connectivity index (χ2n) is 3.26. The molecule has 0 bridgehead atoms. The standard InChI is InChI=1S/C8H13N5/c1-5-6(12-13-7(5)9)8-10-3-2-4-11-8/h2-7,12-13H,9H2,1H3. The minimum absolute atomic E-state index is 0.0335. The van der Waals surface area contributed by atoms with E-state index in [9.17, 15) is 0 Å². The zero-order chi connectivity index (χ0) is 9.26. The normalized spacial score (nSPS) is 33.5.